The van der Waals surface area contributed by atoms with E-state index in [-0.39, 0.29) is 5.25 Å². The molecule has 0 saturated heterocycles. The fraction of sp³-hybridized carbons (Fsp3) is 0.417. The van der Waals surface area contributed by atoms with Gasteiger partial charge in [-0.3, -0.25) is 10.2 Å². The van der Waals surface area contributed by atoms with E-state index in [9.17, 15) is 13.2 Å². The van der Waals surface area contributed by atoms with Crippen molar-refractivity contribution >= 4 is 15.9 Å². The Morgan fingerprint density at radius 3 is 2.33 bits per heavy atom. The molecule has 0 spiro atoms. The molecule has 18 heavy (non-hydrogen) atoms. The van der Waals surface area contributed by atoms with Crippen LogP contribution in [0.3, 0.4) is 0 Å². The molecule has 6 heteroatoms. The molecule has 0 aromatic heterocycles. The Balaban J connectivity index is 1.93. The lowest BCUT2D eigenvalue weighted by Crippen LogP contribution is -2.45. The molecule has 98 valence electrons. The molecule has 1 aromatic carbocycles. The van der Waals surface area contributed by atoms with E-state index in [1.165, 1.54) is 0 Å². The molecule has 1 aliphatic rings. The van der Waals surface area contributed by atoms with E-state index in [2.05, 4.69) is 10.3 Å². The number of sulfonamides is 1. The number of hydrogen-bond donors (Lipinski definition) is 2. The molecular weight excluding hydrogens is 252 g/mol. The van der Waals surface area contributed by atoms with Crippen molar-refractivity contribution in [2.24, 2.45) is 0 Å². The lowest BCUT2D eigenvalue weighted by atomic mass is 10.2. The minimum absolute atomic E-state index is 0.381. The van der Waals surface area contributed by atoms with Crippen LogP contribution in [0.2, 0.25) is 0 Å². The summed E-state index contributed by atoms with van der Waals surface area (Å²) in [4.78, 5) is 13.8. The van der Waals surface area contributed by atoms with Gasteiger partial charge in [-0.15, -0.1) is 4.83 Å². The van der Waals surface area contributed by atoms with Gasteiger partial charge in [-0.1, -0.05) is 31.0 Å². The molecule has 1 aliphatic carbocycles. The van der Waals surface area contributed by atoms with E-state index < -0.39 is 15.9 Å². The van der Waals surface area contributed by atoms with Gasteiger partial charge in [0.05, 0.1) is 5.25 Å². The third-order valence-electron chi connectivity index (χ3n) is 3.08. The van der Waals surface area contributed by atoms with E-state index in [1.54, 1.807) is 30.3 Å². The van der Waals surface area contributed by atoms with Crippen molar-refractivity contribution in [1.29, 1.82) is 0 Å². The van der Waals surface area contributed by atoms with Gasteiger partial charge < -0.3 is 0 Å². The van der Waals surface area contributed by atoms with E-state index in [0.29, 0.717) is 18.4 Å². The fourth-order valence-electron chi connectivity index (χ4n) is 2.06. The molecule has 0 unspecified atom stereocenters. The minimum atomic E-state index is -3.45. The second-order valence-corrected chi connectivity index (χ2v) is 6.33. The number of rotatable bonds is 4. The maximum absolute atomic E-state index is 11.8. The maximum Gasteiger partial charge on any atom is 0.266 e. The molecule has 0 heterocycles. The maximum atomic E-state index is 11.8. The van der Waals surface area contributed by atoms with E-state index >= 15 is 0 Å². The molecule has 1 saturated carbocycles. The summed E-state index contributed by atoms with van der Waals surface area (Å²) >= 11 is 0. The van der Waals surface area contributed by atoms with Crippen LogP contribution in [0.25, 0.3) is 0 Å². The molecule has 0 radical (unpaired) electrons. The number of amides is 1. The Labute approximate surface area is 107 Å². The highest BCUT2D eigenvalue weighted by atomic mass is 32.2. The highest BCUT2D eigenvalue weighted by molar-refractivity contribution is 7.90. The smallest absolute Gasteiger partial charge is 0.266 e. The third kappa shape index (κ3) is 3.08. The lowest BCUT2D eigenvalue weighted by molar-refractivity contribution is 0.0945. The van der Waals surface area contributed by atoms with Gasteiger partial charge in [0.1, 0.15) is 0 Å². The first-order valence-corrected chi connectivity index (χ1v) is 7.50. The Hall–Kier alpha value is -1.40. The number of hydrazine groups is 1. The molecule has 0 bridgehead atoms. The monoisotopic (exact) mass is 268 g/mol. The summed E-state index contributed by atoms with van der Waals surface area (Å²) < 4.78 is 23.7. The average Bonchev–Trinajstić information content (AvgIpc) is 2.92. The first-order chi connectivity index (χ1) is 8.59. The molecule has 1 amide bonds. The van der Waals surface area contributed by atoms with Crippen LogP contribution < -0.4 is 10.3 Å². The second kappa shape index (κ2) is 5.49. The Morgan fingerprint density at radius 1 is 1.11 bits per heavy atom. The van der Waals surface area contributed by atoms with Gasteiger partial charge in [-0.05, 0) is 25.0 Å². The second-order valence-electron chi connectivity index (χ2n) is 4.37. The fourth-order valence-corrected chi connectivity index (χ4v) is 3.42. The molecule has 2 N–H and O–H groups in total. The normalized spacial score (nSPS) is 16.7. The predicted molar refractivity (Wildman–Crippen MR) is 68.2 cm³/mol. The number of nitrogens with one attached hydrogen (secondary N) is 2. The van der Waals surface area contributed by atoms with Crippen LogP contribution in [-0.4, -0.2) is 19.6 Å². The highest BCUT2D eigenvalue weighted by Crippen LogP contribution is 2.23. The van der Waals surface area contributed by atoms with Crippen molar-refractivity contribution in [3.63, 3.8) is 0 Å². The van der Waals surface area contributed by atoms with Gasteiger partial charge in [0.15, 0.2) is 0 Å². The average molecular weight is 268 g/mol. The van der Waals surface area contributed by atoms with E-state index in [0.717, 1.165) is 12.8 Å². The van der Waals surface area contributed by atoms with Crippen molar-refractivity contribution in [3.8, 4) is 0 Å². The molecular formula is C12H16N2O3S. The predicted octanol–water partition coefficient (Wildman–Crippen LogP) is 1.19. The van der Waals surface area contributed by atoms with Crippen LogP contribution in [0.1, 0.15) is 36.0 Å². The van der Waals surface area contributed by atoms with E-state index in [4.69, 9.17) is 0 Å². The van der Waals surface area contributed by atoms with Crippen molar-refractivity contribution in [2.45, 2.75) is 30.9 Å². The summed E-state index contributed by atoms with van der Waals surface area (Å²) in [6, 6.07) is 8.48. The Bertz CT molecular complexity index is 507. The summed E-state index contributed by atoms with van der Waals surface area (Å²) in [7, 11) is -3.45. The lowest BCUT2D eigenvalue weighted by Gasteiger charge is -2.12. The summed E-state index contributed by atoms with van der Waals surface area (Å²) in [6.45, 7) is 0. The van der Waals surface area contributed by atoms with Crippen LogP contribution in [0.15, 0.2) is 30.3 Å². The first-order valence-electron chi connectivity index (χ1n) is 5.95. The quantitative estimate of drug-likeness (QED) is 0.805. The van der Waals surface area contributed by atoms with Gasteiger partial charge >= 0.3 is 0 Å². The van der Waals surface area contributed by atoms with Crippen LogP contribution in [0.5, 0.6) is 0 Å². The first kappa shape index (κ1) is 13.0. The number of hydrogen-bond acceptors (Lipinski definition) is 3. The highest BCUT2D eigenvalue weighted by Gasteiger charge is 2.28. The Kier molecular flexibility index (Phi) is 3.98. The summed E-state index contributed by atoms with van der Waals surface area (Å²) in [5.74, 6) is -0.447. The van der Waals surface area contributed by atoms with Crippen molar-refractivity contribution in [1.82, 2.24) is 10.3 Å². The molecule has 0 atom stereocenters. The molecule has 1 aromatic rings. The van der Waals surface area contributed by atoms with Gasteiger partial charge in [-0.2, -0.15) is 0 Å². The van der Waals surface area contributed by atoms with Crippen molar-refractivity contribution in [2.75, 3.05) is 0 Å². The van der Waals surface area contributed by atoms with Gasteiger partial charge in [0, 0.05) is 5.56 Å². The minimum Gasteiger partial charge on any atom is -0.274 e. The topological polar surface area (TPSA) is 75.3 Å². The van der Waals surface area contributed by atoms with E-state index in [1.807, 2.05) is 0 Å². The number of carbonyl (C=O) groups excluding carboxylic acids is 1. The standard InChI is InChI=1S/C12H16N2O3S/c15-12(10-6-2-1-3-7-10)13-14-18(16,17)11-8-4-5-9-11/h1-3,6-7,11,14H,4-5,8-9H2,(H,13,15). The molecule has 2 rings (SSSR count). The van der Waals surface area contributed by atoms with Gasteiger partial charge in [-0.25, -0.2) is 8.42 Å². The third-order valence-corrected chi connectivity index (χ3v) is 4.82. The van der Waals surface area contributed by atoms with Crippen LogP contribution >= 0.6 is 0 Å². The molecule has 0 aliphatic heterocycles. The van der Waals surface area contributed by atoms with Crippen LogP contribution in [0, 0.1) is 0 Å². The Morgan fingerprint density at radius 2 is 1.72 bits per heavy atom. The number of carbonyl (C=O) groups is 1. The largest absolute Gasteiger partial charge is 0.274 e. The zero-order valence-electron chi connectivity index (χ0n) is 9.93. The van der Waals surface area contributed by atoms with Crippen molar-refractivity contribution in [3.05, 3.63) is 35.9 Å². The SMILES string of the molecule is O=C(NNS(=O)(=O)C1CCCC1)c1ccccc1. The van der Waals surface area contributed by atoms with Gasteiger partial charge in [0.2, 0.25) is 10.0 Å². The summed E-state index contributed by atoms with van der Waals surface area (Å²) in [5, 5.41) is -0.381. The van der Waals surface area contributed by atoms with Crippen LogP contribution in [0.4, 0.5) is 0 Å². The molecule has 5 nitrogen and oxygen atoms in total. The van der Waals surface area contributed by atoms with Crippen molar-refractivity contribution < 1.29 is 13.2 Å². The van der Waals surface area contributed by atoms with Crippen LogP contribution in [-0.2, 0) is 10.0 Å². The molecule has 1 fully saturated rings. The zero-order valence-corrected chi connectivity index (χ0v) is 10.7. The zero-order chi connectivity index (χ0) is 13.0. The van der Waals surface area contributed by atoms with Gasteiger partial charge in [0.25, 0.3) is 5.91 Å². The number of benzene rings is 1. The summed E-state index contributed by atoms with van der Waals surface area (Å²) in [5.41, 5.74) is 2.66. The summed E-state index contributed by atoms with van der Waals surface area (Å²) in [6.07, 6.45) is 3.18.